The zero-order valence-electron chi connectivity index (χ0n) is 14.7. The molecule has 3 N–H and O–H groups in total. The summed E-state index contributed by atoms with van der Waals surface area (Å²) in [5, 5.41) is 31.2. The molecule has 1 heterocycles. The largest absolute Gasteiger partial charge is 0.393 e. The van der Waals surface area contributed by atoms with Crippen molar-refractivity contribution in [1.82, 2.24) is 0 Å². The molecule has 25 heavy (non-hydrogen) atoms. The van der Waals surface area contributed by atoms with Crippen molar-refractivity contribution in [2.75, 3.05) is 6.61 Å². The first-order valence-corrected chi connectivity index (χ1v) is 8.50. The fraction of sp³-hybridized carbons (Fsp3) is 0.579. The Morgan fingerprint density at radius 3 is 2.52 bits per heavy atom. The minimum atomic E-state index is -1.33. The Hall–Kier alpha value is -1.28. The van der Waals surface area contributed by atoms with Gasteiger partial charge in [0, 0.05) is 0 Å². The van der Waals surface area contributed by atoms with E-state index in [0.717, 1.165) is 5.56 Å². The molecular formula is C19H28O6. The zero-order valence-corrected chi connectivity index (χ0v) is 14.7. The maximum absolute atomic E-state index is 10.7. The van der Waals surface area contributed by atoms with E-state index in [2.05, 4.69) is 6.58 Å². The molecule has 0 aromatic heterocycles. The Bertz CT molecular complexity index is 534. The summed E-state index contributed by atoms with van der Waals surface area (Å²) < 4.78 is 17.2. The summed E-state index contributed by atoms with van der Waals surface area (Å²) in [6.07, 6.45) is -2.86. The second-order valence-electron chi connectivity index (χ2n) is 6.58. The van der Waals surface area contributed by atoms with Crippen molar-refractivity contribution in [3.63, 3.8) is 0 Å². The first-order valence-electron chi connectivity index (χ1n) is 8.50. The predicted octanol–water partition coefficient (Wildman–Crippen LogP) is 1.38. The van der Waals surface area contributed by atoms with Crippen molar-refractivity contribution in [1.29, 1.82) is 0 Å². The summed E-state index contributed by atoms with van der Waals surface area (Å²) in [4.78, 5) is 0. The van der Waals surface area contributed by atoms with Gasteiger partial charge < -0.3 is 29.5 Å². The SMILES string of the molecule is C=CC[C@]1(CO)O[C@@H](OC(C)C)[C@H](O)[C@@H](OCc2ccccc2)[C@@H]1O. The number of aliphatic hydroxyl groups is 3. The fourth-order valence-corrected chi connectivity index (χ4v) is 2.95. The number of hydrogen-bond donors (Lipinski definition) is 3. The third-order valence-corrected chi connectivity index (χ3v) is 4.27. The maximum atomic E-state index is 10.7. The van der Waals surface area contributed by atoms with Crippen LogP contribution in [0.25, 0.3) is 0 Å². The molecule has 0 unspecified atom stereocenters. The predicted molar refractivity (Wildman–Crippen MR) is 92.8 cm³/mol. The third kappa shape index (κ3) is 4.67. The molecule has 1 saturated heterocycles. The normalized spacial score (nSPS) is 32.7. The van der Waals surface area contributed by atoms with Gasteiger partial charge >= 0.3 is 0 Å². The van der Waals surface area contributed by atoms with E-state index >= 15 is 0 Å². The first-order chi connectivity index (χ1) is 11.9. The lowest BCUT2D eigenvalue weighted by molar-refractivity contribution is -0.349. The number of ether oxygens (including phenoxy) is 3. The van der Waals surface area contributed by atoms with Crippen molar-refractivity contribution in [3.8, 4) is 0 Å². The summed E-state index contributed by atoms with van der Waals surface area (Å²) in [5.74, 6) is 0. The van der Waals surface area contributed by atoms with Crippen molar-refractivity contribution < 1.29 is 29.5 Å². The Kier molecular flexibility index (Phi) is 7.13. The average molecular weight is 352 g/mol. The lowest BCUT2D eigenvalue weighted by Crippen LogP contribution is -2.67. The summed E-state index contributed by atoms with van der Waals surface area (Å²) in [6.45, 7) is 7.05. The lowest BCUT2D eigenvalue weighted by Gasteiger charge is -2.49. The van der Waals surface area contributed by atoms with Crippen LogP contribution in [-0.2, 0) is 20.8 Å². The van der Waals surface area contributed by atoms with Gasteiger partial charge in [-0.25, -0.2) is 0 Å². The van der Waals surface area contributed by atoms with Crippen LogP contribution in [0.4, 0.5) is 0 Å². The Balaban J connectivity index is 2.21. The van der Waals surface area contributed by atoms with E-state index in [1.54, 1.807) is 6.08 Å². The van der Waals surface area contributed by atoms with E-state index in [4.69, 9.17) is 14.2 Å². The van der Waals surface area contributed by atoms with Gasteiger partial charge in [0.2, 0.25) is 0 Å². The molecule has 6 nitrogen and oxygen atoms in total. The highest BCUT2D eigenvalue weighted by atomic mass is 16.7. The topological polar surface area (TPSA) is 88.4 Å². The van der Waals surface area contributed by atoms with Crippen molar-refractivity contribution in [2.24, 2.45) is 0 Å². The second-order valence-corrected chi connectivity index (χ2v) is 6.58. The molecule has 0 amide bonds. The van der Waals surface area contributed by atoms with Crippen molar-refractivity contribution >= 4 is 0 Å². The minimum absolute atomic E-state index is 0.195. The molecule has 1 aromatic carbocycles. The summed E-state index contributed by atoms with van der Waals surface area (Å²) in [7, 11) is 0. The number of hydrogen-bond acceptors (Lipinski definition) is 6. The van der Waals surface area contributed by atoms with E-state index in [9.17, 15) is 15.3 Å². The average Bonchev–Trinajstić information content (AvgIpc) is 2.60. The molecule has 1 fully saturated rings. The smallest absolute Gasteiger partial charge is 0.187 e. The Labute approximate surface area is 148 Å². The molecule has 140 valence electrons. The van der Waals surface area contributed by atoms with Crippen molar-refractivity contribution in [3.05, 3.63) is 48.6 Å². The van der Waals surface area contributed by atoms with Gasteiger partial charge in [0.1, 0.15) is 23.9 Å². The van der Waals surface area contributed by atoms with Gasteiger partial charge in [-0.2, -0.15) is 0 Å². The van der Waals surface area contributed by atoms with Crippen LogP contribution in [0.5, 0.6) is 0 Å². The van der Waals surface area contributed by atoms with Gasteiger partial charge in [0.05, 0.1) is 19.3 Å². The monoisotopic (exact) mass is 352 g/mol. The molecule has 5 atom stereocenters. The fourth-order valence-electron chi connectivity index (χ4n) is 2.95. The zero-order chi connectivity index (χ0) is 18.4. The van der Waals surface area contributed by atoms with E-state index in [1.165, 1.54) is 0 Å². The van der Waals surface area contributed by atoms with Gasteiger partial charge in [0.15, 0.2) is 6.29 Å². The van der Waals surface area contributed by atoms with Gasteiger partial charge in [-0.1, -0.05) is 36.4 Å². The van der Waals surface area contributed by atoms with Crippen LogP contribution in [0, 0.1) is 0 Å². The van der Waals surface area contributed by atoms with Crippen molar-refractivity contribution in [2.45, 2.75) is 63.2 Å². The van der Waals surface area contributed by atoms with Crippen LogP contribution < -0.4 is 0 Å². The van der Waals surface area contributed by atoms with Crippen LogP contribution in [0.2, 0.25) is 0 Å². The van der Waals surface area contributed by atoms with Crippen LogP contribution in [-0.4, -0.2) is 58.2 Å². The quantitative estimate of drug-likeness (QED) is 0.613. The Morgan fingerprint density at radius 2 is 1.96 bits per heavy atom. The molecular weight excluding hydrogens is 324 g/mol. The van der Waals surface area contributed by atoms with E-state index < -0.39 is 36.8 Å². The summed E-state index contributed by atoms with van der Waals surface area (Å²) in [6, 6.07) is 9.45. The third-order valence-electron chi connectivity index (χ3n) is 4.27. The maximum Gasteiger partial charge on any atom is 0.187 e. The summed E-state index contributed by atoms with van der Waals surface area (Å²) >= 11 is 0. The molecule has 1 aromatic rings. The van der Waals surface area contributed by atoms with Crippen LogP contribution in [0.3, 0.4) is 0 Å². The molecule has 0 aliphatic carbocycles. The molecule has 0 radical (unpaired) electrons. The number of rotatable bonds is 8. The molecule has 0 spiro atoms. The molecule has 0 saturated carbocycles. The molecule has 0 bridgehead atoms. The van der Waals surface area contributed by atoms with Gasteiger partial charge in [-0.05, 0) is 25.8 Å². The number of benzene rings is 1. The van der Waals surface area contributed by atoms with Crippen LogP contribution in [0.15, 0.2) is 43.0 Å². The van der Waals surface area contributed by atoms with Crippen LogP contribution >= 0.6 is 0 Å². The molecule has 6 heteroatoms. The molecule has 1 aliphatic rings. The van der Waals surface area contributed by atoms with E-state index in [1.807, 2.05) is 44.2 Å². The molecule has 1 aliphatic heterocycles. The van der Waals surface area contributed by atoms with E-state index in [-0.39, 0.29) is 19.1 Å². The first kappa shape index (κ1) is 20.0. The highest BCUT2D eigenvalue weighted by Gasteiger charge is 2.54. The van der Waals surface area contributed by atoms with Crippen LogP contribution in [0.1, 0.15) is 25.8 Å². The van der Waals surface area contributed by atoms with E-state index in [0.29, 0.717) is 0 Å². The second kappa shape index (κ2) is 8.89. The van der Waals surface area contributed by atoms with Gasteiger partial charge in [-0.15, -0.1) is 6.58 Å². The summed E-state index contributed by atoms with van der Waals surface area (Å²) in [5.41, 5.74) is -0.421. The highest BCUT2D eigenvalue weighted by molar-refractivity contribution is 5.14. The van der Waals surface area contributed by atoms with Gasteiger partial charge in [-0.3, -0.25) is 0 Å². The number of aliphatic hydroxyl groups excluding tert-OH is 3. The highest BCUT2D eigenvalue weighted by Crippen LogP contribution is 2.35. The standard InChI is InChI=1S/C19H28O6/c1-4-10-19(12-20)17(22)16(15(21)18(25-19)24-13(2)3)23-11-14-8-6-5-7-9-14/h4-9,13,15-18,20-22H,1,10-12H2,2-3H3/t15-,16-,17+,18-,19-/m1/s1. The Morgan fingerprint density at radius 1 is 1.28 bits per heavy atom. The molecule has 2 rings (SSSR count). The lowest BCUT2D eigenvalue weighted by atomic mass is 9.84. The minimum Gasteiger partial charge on any atom is -0.393 e. The van der Waals surface area contributed by atoms with Gasteiger partial charge in [0.25, 0.3) is 0 Å².